The lowest BCUT2D eigenvalue weighted by Crippen LogP contribution is -2.50. The topological polar surface area (TPSA) is 12.0 Å². The van der Waals surface area contributed by atoms with Gasteiger partial charge in [0.25, 0.3) is 0 Å². The zero-order valence-corrected chi connectivity index (χ0v) is 7.12. The Hall–Kier alpha value is -0.250. The highest BCUT2D eigenvalue weighted by molar-refractivity contribution is 4.85. The monoisotopic (exact) mass is 181 g/mol. The zero-order valence-electron chi connectivity index (χ0n) is 7.12. The Kier molecular flexibility index (Phi) is 2.99. The highest BCUT2D eigenvalue weighted by Gasteiger charge is 2.44. The van der Waals surface area contributed by atoms with Crippen LogP contribution in [-0.2, 0) is 0 Å². The van der Waals surface area contributed by atoms with Crippen LogP contribution in [0.2, 0.25) is 0 Å². The minimum absolute atomic E-state index is 0.223. The summed E-state index contributed by atoms with van der Waals surface area (Å²) in [7, 11) is 0. The van der Waals surface area contributed by atoms with Crippen molar-refractivity contribution in [1.29, 1.82) is 0 Å². The fourth-order valence-corrected chi connectivity index (χ4v) is 1.78. The standard InChI is InChI=1S/C8H14F3N/c1-2-6-4-3-5-12-7(6)8(9,10)11/h6-7,12H,2-5H2,1H3. The van der Waals surface area contributed by atoms with E-state index in [1.165, 1.54) is 0 Å². The van der Waals surface area contributed by atoms with Crippen molar-refractivity contribution in [1.82, 2.24) is 5.32 Å². The highest BCUT2D eigenvalue weighted by Crippen LogP contribution is 2.31. The van der Waals surface area contributed by atoms with Crippen molar-refractivity contribution in [2.45, 2.75) is 38.4 Å². The Morgan fingerprint density at radius 3 is 2.50 bits per heavy atom. The molecule has 1 saturated heterocycles. The smallest absolute Gasteiger partial charge is 0.306 e. The first kappa shape index (κ1) is 9.84. The third-order valence-electron chi connectivity index (χ3n) is 2.46. The maximum atomic E-state index is 12.3. The molecule has 0 amide bonds. The summed E-state index contributed by atoms with van der Waals surface area (Å²) in [4.78, 5) is 0. The van der Waals surface area contributed by atoms with Crippen LogP contribution in [0, 0.1) is 5.92 Å². The van der Waals surface area contributed by atoms with Gasteiger partial charge < -0.3 is 5.32 Å². The van der Waals surface area contributed by atoms with Gasteiger partial charge in [0, 0.05) is 0 Å². The summed E-state index contributed by atoms with van der Waals surface area (Å²) in [6, 6.07) is -1.27. The molecule has 0 aliphatic carbocycles. The van der Waals surface area contributed by atoms with Crippen LogP contribution in [0.15, 0.2) is 0 Å². The van der Waals surface area contributed by atoms with Gasteiger partial charge in [0.2, 0.25) is 0 Å². The van der Waals surface area contributed by atoms with Crippen molar-refractivity contribution >= 4 is 0 Å². The van der Waals surface area contributed by atoms with Crippen LogP contribution < -0.4 is 5.32 Å². The Morgan fingerprint density at radius 2 is 2.08 bits per heavy atom. The van der Waals surface area contributed by atoms with Gasteiger partial charge in [-0.15, -0.1) is 0 Å². The zero-order chi connectivity index (χ0) is 9.19. The average molecular weight is 181 g/mol. The van der Waals surface area contributed by atoms with Gasteiger partial charge in [0.15, 0.2) is 0 Å². The molecule has 1 nitrogen and oxygen atoms in total. The highest BCUT2D eigenvalue weighted by atomic mass is 19.4. The van der Waals surface area contributed by atoms with Crippen molar-refractivity contribution in [3.8, 4) is 0 Å². The second kappa shape index (κ2) is 3.64. The number of halogens is 3. The van der Waals surface area contributed by atoms with Crippen LogP contribution in [0.5, 0.6) is 0 Å². The van der Waals surface area contributed by atoms with Crippen LogP contribution in [0.4, 0.5) is 13.2 Å². The number of hydrogen-bond donors (Lipinski definition) is 1. The van der Waals surface area contributed by atoms with Gasteiger partial charge in [0.1, 0.15) is 6.04 Å². The molecule has 2 unspecified atom stereocenters. The molecule has 1 fully saturated rings. The Balaban J connectivity index is 2.59. The molecule has 0 saturated carbocycles. The number of piperidine rings is 1. The predicted molar refractivity (Wildman–Crippen MR) is 40.9 cm³/mol. The summed E-state index contributed by atoms with van der Waals surface area (Å²) in [5, 5.41) is 2.54. The fraction of sp³-hybridized carbons (Fsp3) is 1.00. The van der Waals surface area contributed by atoms with Gasteiger partial charge in [-0.1, -0.05) is 13.3 Å². The van der Waals surface area contributed by atoms with Crippen molar-refractivity contribution in [2.75, 3.05) is 6.54 Å². The molecule has 0 radical (unpaired) electrons. The first-order valence-electron chi connectivity index (χ1n) is 4.35. The summed E-state index contributed by atoms with van der Waals surface area (Å²) in [6.07, 6.45) is -1.89. The van der Waals surface area contributed by atoms with E-state index in [9.17, 15) is 13.2 Å². The maximum absolute atomic E-state index is 12.3. The van der Waals surface area contributed by atoms with E-state index in [1.54, 1.807) is 0 Å². The number of hydrogen-bond acceptors (Lipinski definition) is 1. The first-order valence-corrected chi connectivity index (χ1v) is 4.35. The van der Waals surface area contributed by atoms with E-state index in [0.29, 0.717) is 19.4 Å². The predicted octanol–water partition coefficient (Wildman–Crippen LogP) is 2.33. The summed E-state index contributed by atoms with van der Waals surface area (Å²) in [6.45, 7) is 2.32. The van der Waals surface area contributed by atoms with E-state index in [4.69, 9.17) is 0 Å². The lowest BCUT2D eigenvalue weighted by atomic mass is 9.88. The molecule has 72 valence electrons. The lowest BCUT2D eigenvalue weighted by Gasteiger charge is -2.33. The molecule has 1 heterocycles. The van der Waals surface area contributed by atoms with Crippen molar-refractivity contribution < 1.29 is 13.2 Å². The normalized spacial score (nSPS) is 32.0. The maximum Gasteiger partial charge on any atom is 0.404 e. The molecule has 1 aliphatic rings. The van der Waals surface area contributed by atoms with Gasteiger partial charge in [-0.25, -0.2) is 0 Å². The molecule has 0 bridgehead atoms. The van der Waals surface area contributed by atoms with Gasteiger partial charge >= 0.3 is 6.18 Å². The van der Waals surface area contributed by atoms with Crippen molar-refractivity contribution in [3.63, 3.8) is 0 Å². The molecule has 1 N–H and O–H groups in total. The van der Waals surface area contributed by atoms with E-state index in [-0.39, 0.29) is 5.92 Å². The van der Waals surface area contributed by atoms with E-state index in [1.807, 2.05) is 6.92 Å². The Bertz CT molecular complexity index is 144. The summed E-state index contributed by atoms with van der Waals surface area (Å²) >= 11 is 0. The molecule has 2 atom stereocenters. The van der Waals surface area contributed by atoms with E-state index in [0.717, 1.165) is 6.42 Å². The summed E-state index contributed by atoms with van der Waals surface area (Å²) in [5.41, 5.74) is 0. The fourth-order valence-electron chi connectivity index (χ4n) is 1.78. The largest absolute Gasteiger partial charge is 0.404 e. The molecule has 1 rings (SSSR count). The van der Waals surface area contributed by atoms with Crippen molar-refractivity contribution in [2.24, 2.45) is 5.92 Å². The number of rotatable bonds is 1. The van der Waals surface area contributed by atoms with E-state index in [2.05, 4.69) is 5.32 Å². The van der Waals surface area contributed by atoms with Crippen molar-refractivity contribution in [3.05, 3.63) is 0 Å². The number of nitrogens with one attached hydrogen (secondary N) is 1. The molecule has 4 heteroatoms. The quantitative estimate of drug-likeness (QED) is 0.654. The van der Waals surface area contributed by atoms with Gasteiger partial charge in [-0.3, -0.25) is 0 Å². The Labute approximate surface area is 70.3 Å². The second-order valence-electron chi connectivity index (χ2n) is 3.28. The minimum Gasteiger partial charge on any atom is -0.306 e. The average Bonchev–Trinajstić information content (AvgIpc) is 2.03. The third-order valence-corrected chi connectivity index (χ3v) is 2.46. The van der Waals surface area contributed by atoms with E-state index < -0.39 is 12.2 Å². The Morgan fingerprint density at radius 1 is 1.42 bits per heavy atom. The molecular formula is C8H14F3N. The minimum atomic E-state index is -4.07. The molecule has 1 aliphatic heterocycles. The second-order valence-corrected chi connectivity index (χ2v) is 3.28. The third kappa shape index (κ3) is 2.12. The molecule has 0 aromatic rings. The van der Waals surface area contributed by atoms with Crippen LogP contribution in [0.25, 0.3) is 0 Å². The van der Waals surface area contributed by atoms with Gasteiger partial charge in [-0.05, 0) is 25.3 Å². The summed E-state index contributed by atoms with van der Waals surface area (Å²) < 4.78 is 36.9. The van der Waals surface area contributed by atoms with Crippen LogP contribution >= 0.6 is 0 Å². The summed E-state index contributed by atoms with van der Waals surface area (Å²) in [5.74, 6) is -0.223. The van der Waals surface area contributed by atoms with Gasteiger partial charge in [0.05, 0.1) is 0 Å². The molecule has 0 aromatic carbocycles. The molecule has 0 spiro atoms. The van der Waals surface area contributed by atoms with Crippen LogP contribution in [-0.4, -0.2) is 18.8 Å². The number of alkyl halides is 3. The van der Waals surface area contributed by atoms with Crippen LogP contribution in [0.3, 0.4) is 0 Å². The molecular weight excluding hydrogens is 167 g/mol. The lowest BCUT2D eigenvalue weighted by molar-refractivity contribution is -0.172. The SMILES string of the molecule is CCC1CCCNC1C(F)(F)F. The van der Waals surface area contributed by atoms with E-state index >= 15 is 0 Å². The molecule has 0 aromatic heterocycles. The molecule has 12 heavy (non-hydrogen) atoms. The van der Waals surface area contributed by atoms with Gasteiger partial charge in [-0.2, -0.15) is 13.2 Å². The van der Waals surface area contributed by atoms with Crippen LogP contribution in [0.1, 0.15) is 26.2 Å². The first-order chi connectivity index (χ1) is 5.55.